The van der Waals surface area contributed by atoms with Crippen molar-refractivity contribution in [3.8, 4) is 0 Å². The van der Waals surface area contributed by atoms with Crippen molar-refractivity contribution in [3.63, 3.8) is 0 Å². The van der Waals surface area contributed by atoms with Crippen LogP contribution in [0.4, 0.5) is 11.8 Å². The fraction of sp³-hybridized carbons (Fsp3) is 0.455. The van der Waals surface area contributed by atoms with Crippen molar-refractivity contribution in [2.75, 3.05) is 23.7 Å². The molecule has 0 bridgehead atoms. The number of hydrogen-bond donors (Lipinski definition) is 2. The molecule has 2 N–H and O–H groups in total. The van der Waals surface area contributed by atoms with Gasteiger partial charge >= 0.3 is 0 Å². The van der Waals surface area contributed by atoms with Gasteiger partial charge in [0.15, 0.2) is 5.82 Å². The average Bonchev–Trinajstić information content (AvgIpc) is 2.79. The second-order valence-electron chi connectivity index (χ2n) is 3.83. The molecule has 0 aliphatic carbocycles. The molecule has 8 heteroatoms. The maximum Gasteiger partial charge on any atom is 0.224 e. The lowest BCUT2D eigenvalue weighted by Crippen LogP contribution is -2.10. The van der Waals surface area contributed by atoms with Crippen LogP contribution in [0.15, 0.2) is 10.7 Å². The molecule has 102 valence electrons. The summed E-state index contributed by atoms with van der Waals surface area (Å²) in [7, 11) is 0. The van der Waals surface area contributed by atoms with Gasteiger partial charge in [0.25, 0.3) is 0 Å². The Kier molecular flexibility index (Phi) is 4.51. The summed E-state index contributed by atoms with van der Waals surface area (Å²) in [5.74, 6) is 2.35. The highest BCUT2D eigenvalue weighted by atomic mass is 35.5. The summed E-state index contributed by atoms with van der Waals surface area (Å²) in [6.07, 6.45) is 2.20. The molecule has 0 amide bonds. The van der Waals surface area contributed by atoms with Crippen LogP contribution in [0.25, 0.3) is 0 Å². The van der Waals surface area contributed by atoms with E-state index in [4.69, 9.17) is 16.1 Å². The molecule has 0 atom stereocenters. The monoisotopic (exact) mass is 282 g/mol. The molecule has 7 nitrogen and oxygen atoms in total. The quantitative estimate of drug-likeness (QED) is 0.836. The lowest BCUT2D eigenvalue weighted by molar-refractivity contribution is 0.387. The van der Waals surface area contributed by atoms with Gasteiger partial charge in [-0.3, -0.25) is 0 Å². The Bertz CT molecular complexity index is 544. The third-order valence-electron chi connectivity index (χ3n) is 2.29. The predicted molar refractivity (Wildman–Crippen MR) is 72.4 cm³/mol. The molecule has 19 heavy (non-hydrogen) atoms. The topological polar surface area (TPSA) is 88.8 Å². The Hall–Kier alpha value is -1.89. The van der Waals surface area contributed by atoms with E-state index in [-0.39, 0.29) is 0 Å². The SMILES string of the molecule is CCNc1ncc(Cl)c(NCCc2noc(C)n2)n1. The van der Waals surface area contributed by atoms with Gasteiger partial charge in [0.1, 0.15) is 10.8 Å². The van der Waals surface area contributed by atoms with Crippen LogP contribution >= 0.6 is 11.6 Å². The first-order valence-corrected chi connectivity index (χ1v) is 6.36. The van der Waals surface area contributed by atoms with Crippen molar-refractivity contribution in [2.24, 2.45) is 0 Å². The highest BCUT2D eigenvalue weighted by Crippen LogP contribution is 2.19. The summed E-state index contributed by atoms with van der Waals surface area (Å²) >= 11 is 6.02. The number of hydrogen-bond acceptors (Lipinski definition) is 7. The number of anilines is 2. The summed E-state index contributed by atoms with van der Waals surface area (Å²) in [5.41, 5.74) is 0. The minimum Gasteiger partial charge on any atom is -0.368 e. The van der Waals surface area contributed by atoms with E-state index in [9.17, 15) is 0 Å². The molecule has 2 heterocycles. The summed E-state index contributed by atoms with van der Waals surface area (Å²) < 4.78 is 4.89. The zero-order chi connectivity index (χ0) is 13.7. The van der Waals surface area contributed by atoms with Gasteiger partial charge in [-0.25, -0.2) is 4.98 Å². The third kappa shape index (κ3) is 3.78. The lowest BCUT2D eigenvalue weighted by atomic mass is 10.4. The van der Waals surface area contributed by atoms with Crippen molar-refractivity contribution in [3.05, 3.63) is 22.9 Å². The molecule has 0 aromatic carbocycles. The Morgan fingerprint density at radius 2 is 2.16 bits per heavy atom. The summed E-state index contributed by atoms with van der Waals surface area (Å²) in [6.45, 7) is 5.10. The molecule has 2 rings (SSSR count). The van der Waals surface area contributed by atoms with Crippen molar-refractivity contribution in [1.82, 2.24) is 20.1 Å². The van der Waals surface area contributed by atoms with Gasteiger partial charge < -0.3 is 15.2 Å². The van der Waals surface area contributed by atoms with Gasteiger partial charge in [0.05, 0.1) is 6.20 Å². The zero-order valence-electron chi connectivity index (χ0n) is 10.8. The minimum absolute atomic E-state index is 0.478. The van der Waals surface area contributed by atoms with E-state index >= 15 is 0 Å². The van der Waals surface area contributed by atoms with E-state index in [1.165, 1.54) is 0 Å². The number of nitrogens with one attached hydrogen (secondary N) is 2. The third-order valence-corrected chi connectivity index (χ3v) is 2.57. The lowest BCUT2D eigenvalue weighted by Gasteiger charge is -2.08. The van der Waals surface area contributed by atoms with Crippen molar-refractivity contribution in [1.29, 1.82) is 0 Å². The van der Waals surface area contributed by atoms with Gasteiger partial charge in [0, 0.05) is 26.4 Å². The van der Waals surface area contributed by atoms with E-state index in [0.717, 1.165) is 6.54 Å². The smallest absolute Gasteiger partial charge is 0.224 e. The first kappa shape index (κ1) is 13.5. The van der Waals surface area contributed by atoms with E-state index < -0.39 is 0 Å². The fourth-order valence-corrected chi connectivity index (χ4v) is 1.63. The molecule has 0 saturated heterocycles. The Balaban J connectivity index is 1.93. The molecular weight excluding hydrogens is 268 g/mol. The van der Waals surface area contributed by atoms with Gasteiger partial charge in [0.2, 0.25) is 11.8 Å². The molecule has 0 aliphatic heterocycles. The Labute approximate surface area is 115 Å². The van der Waals surface area contributed by atoms with E-state index in [2.05, 4.69) is 30.7 Å². The standard InChI is InChI=1S/C11H15ClN6O/c1-3-13-11-15-6-8(12)10(17-11)14-5-4-9-16-7(2)19-18-9/h6H,3-5H2,1-2H3,(H2,13,14,15,17). The molecule has 0 spiro atoms. The molecule has 0 aliphatic rings. The largest absolute Gasteiger partial charge is 0.368 e. The highest BCUT2D eigenvalue weighted by molar-refractivity contribution is 6.32. The van der Waals surface area contributed by atoms with Crippen LogP contribution in [-0.4, -0.2) is 33.2 Å². The molecule has 0 radical (unpaired) electrons. The number of aromatic nitrogens is 4. The van der Waals surface area contributed by atoms with Crippen molar-refractivity contribution in [2.45, 2.75) is 20.3 Å². The van der Waals surface area contributed by atoms with Crippen LogP contribution in [0.5, 0.6) is 0 Å². The molecular formula is C11H15ClN6O. The minimum atomic E-state index is 0.478. The van der Waals surface area contributed by atoms with Crippen LogP contribution in [0.2, 0.25) is 5.02 Å². The summed E-state index contributed by atoms with van der Waals surface area (Å²) in [6, 6.07) is 0. The van der Waals surface area contributed by atoms with Crippen LogP contribution in [0.3, 0.4) is 0 Å². The van der Waals surface area contributed by atoms with Gasteiger partial charge in [-0.1, -0.05) is 16.8 Å². The molecule has 0 unspecified atom stereocenters. The predicted octanol–water partition coefficient (Wildman–Crippen LogP) is 1.91. The Morgan fingerprint density at radius 1 is 1.32 bits per heavy atom. The maximum absolute atomic E-state index is 6.02. The summed E-state index contributed by atoms with van der Waals surface area (Å²) in [5, 5.41) is 10.4. The summed E-state index contributed by atoms with van der Waals surface area (Å²) in [4.78, 5) is 12.4. The van der Waals surface area contributed by atoms with Crippen LogP contribution in [-0.2, 0) is 6.42 Å². The van der Waals surface area contributed by atoms with Crippen LogP contribution < -0.4 is 10.6 Å². The average molecular weight is 283 g/mol. The zero-order valence-corrected chi connectivity index (χ0v) is 11.5. The van der Waals surface area contributed by atoms with E-state index in [1.54, 1.807) is 13.1 Å². The second kappa shape index (κ2) is 6.33. The molecule has 2 aromatic heterocycles. The second-order valence-corrected chi connectivity index (χ2v) is 4.23. The maximum atomic E-state index is 6.02. The first-order chi connectivity index (χ1) is 9.19. The molecule has 2 aromatic rings. The van der Waals surface area contributed by atoms with Gasteiger partial charge in [-0.05, 0) is 6.92 Å². The van der Waals surface area contributed by atoms with Crippen molar-refractivity contribution >= 4 is 23.4 Å². The van der Waals surface area contributed by atoms with Crippen LogP contribution in [0, 0.1) is 6.92 Å². The molecule has 0 fully saturated rings. The number of rotatable bonds is 6. The number of halogens is 1. The van der Waals surface area contributed by atoms with Gasteiger partial charge in [-0.15, -0.1) is 0 Å². The number of nitrogens with zero attached hydrogens (tertiary/aromatic N) is 4. The molecule has 0 saturated carbocycles. The highest BCUT2D eigenvalue weighted by Gasteiger charge is 2.06. The normalized spacial score (nSPS) is 10.5. The van der Waals surface area contributed by atoms with E-state index in [1.807, 2.05) is 6.92 Å². The fourth-order valence-electron chi connectivity index (χ4n) is 1.47. The van der Waals surface area contributed by atoms with Gasteiger partial charge in [-0.2, -0.15) is 9.97 Å². The first-order valence-electron chi connectivity index (χ1n) is 5.98. The number of aryl methyl sites for hydroxylation is 1. The van der Waals surface area contributed by atoms with Crippen LogP contribution in [0.1, 0.15) is 18.6 Å². The Morgan fingerprint density at radius 3 is 2.84 bits per heavy atom. The van der Waals surface area contributed by atoms with E-state index in [0.29, 0.717) is 41.5 Å². The van der Waals surface area contributed by atoms with Crippen molar-refractivity contribution < 1.29 is 4.52 Å².